The lowest BCUT2D eigenvalue weighted by atomic mass is 10.1. The van der Waals surface area contributed by atoms with Crippen molar-refractivity contribution >= 4 is 28.7 Å². The predicted molar refractivity (Wildman–Crippen MR) is 141 cm³/mol. The van der Waals surface area contributed by atoms with Crippen molar-refractivity contribution in [1.82, 2.24) is 19.9 Å². The van der Waals surface area contributed by atoms with Gasteiger partial charge in [-0.05, 0) is 53.9 Å². The van der Waals surface area contributed by atoms with E-state index in [1.807, 2.05) is 36.5 Å². The molecule has 2 heterocycles. The number of nitrogens with zero attached hydrogens (tertiary/aromatic N) is 3. The highest BCUT2D eigenvalue weighted by molar-refractivity contribution is 7.98. The number of carbonyl (C=O) groups is 1. The summed E-state index contributed by atoms with van der Waals surface area (Å²) in [6, 6.07) is 24.2. The number of pyridine rings is 1. The van der Waals surface area contributed by atoms with Gasteiger partial charge in [0.05, 0.1) is 23.8 Å². The maximum atomic E-state index is 13.3. The smallest absolute Gasteiger partial charge is 0.251 e. The van der Waals surface area contributed by atoms with Gasteiger partial charge < -0.3 is 9.88 Å². The minimum Gasteiger partial charge on any atom is -0.348 e. The molecule has 3 aromatic carbocycles. The average Bonchev–Trinajstić information content (AvgIpc) is 3.23. The van der Waals surface area contributed by atoms with Crippen LogP contribution in [0.3, 0.4) is 0 Å². The maximum absolute atomic E-state index is 13.3. The lowest BCUT2D eigenvalue weighted by molar-refractivity contribution is 0.0951. The number of nitrogens with one attached hydrogen (secondary N) is 1. The zero-order valence-electron chi connectivity index (χ0n) is 19.8. The van der Waals surface area contributed by atoms with Gasteiger partial charge in [-0.1, -0.05) is 65.9 Å². The molecule has 0 bridgehead atoms. The lowest BCUT2D eigenvalue weighted by Gasteiger charge is -2.10. The number of aromatic nitrogens is 3. The Morgan fingerprint density at radius 1 is 0.972 bits per heavy atom. The number of imidazole rings is 1. The second-order valence-corrected chi connectivity index (χ2v) is 9.57. The summed E-state index contributed by atoms with van der Waals surface area (Å²) in [5.74, 6) is 0.216. The van der Waals surface area contributed by atoms with Gasteiger partial charge in [0.1, 0.15) is 5.82 Å². The molecule has 0 saturated carbocycles. The summed E-state index contributed by atoms with van der Waals surface area (Å²) in [6.45, 7) is 3.09. The summed E-state index contributed by atoms with van der Waals surface area (Å²) in [5, 5.41) is 3.77. The van der Waals surface area contributed by atoms with Gasteiger partial charge in [0.25, 0.3) is 5.91 Å². The number of benzene rings is 3. The number of rotatable bonds is 8. The second kappa shape index (κ2) is 10.7. The summed E-state index contributed by atoms with van der Waals surface area (Å²) in [4.78, 5) is 21.7. The van der Waals surface area contributed by atoms with Crippen LogP contribution < -0.4 is 5.32 Å². The van der Waals surface area contributed by atoms with Crippen LogP contribution in [0.1, 0.15) is 32.6 Å². The number of amides is 1. The standard InChI is InChI=1S/C29H25FN4OS/c1-20-4-2-6-23(14-20)18-34-27-17-31-13-12-26(27)33-29(34)36-19-21-8-10-24(11-9-21)28(35)32-16-22-5-3-7-25(30)15-22/h2-15,17H,16,18-19H2,1H3,(H,32,35). The number of fused-ring (bicyclic) bond motifs is 1. The summed E-state index contributed by atoms with van der Waals surface area (Å²) in [6.07, 6.45) is 3.62. The minimum atomic E-state index is -0.313. The molecule has 180 valence electrons. The van der Waals surface area contributed by atoms with Gasteiger partial charge in [-0.15, -0.1) is 0 Å². The molecule has 0 fully saturated rings. The highest BCUT2D eigenvalue weighted by Gasteiger charge is 2.13. The van der Waals surface area contributed by atoms with Crippen LogP contribution in [0.4, 0.5) is 4.39 Å². The SMILES string of the molecule is Cc1cccc(Cn2c(SCc3ccc(C(=O)NCc4cccc(F)c4)cc3)nc3ccncc32)c1. The van der Waals surface area contributed by atoms with Gasteiger partial charge in [0.15, 0.2) is 5.16 Å². The van der Waals surface area contributed by atoms with Gasteiger partial charge in [-0.3, -0.25) is 9.78 Å². The second-order valence-electron chi connectivity index (χ2n) is 8.63. The predicted octanol–water partition coefficient (Wildman–Crippen LogP) is 6.15. The molecule has 0 aliphatic rings. The van der Waals surface area contributed by atoms with Gasteiger partial charge in [-0.25, -0.2) is 9.37 Å². The summed E-state index contributed by atoms with van der Waals surface area (Å²) >= 11 is 1.66. The van der Waals surface area contributed by atoms with Crippen molar-refractivity contribution in [3.63, 3.8) is 0 Å². The van der Waals surface area contributed by atoms with E-state index >= 15 is 0 Å². The first-order valence-electron chi connectivity index (χ1n) is 11.7. The monoisotopic (exact) mass is 496 g/mol. The first-order chi connectivity index (χ1) is 17.5. The van der Waals surface area contributed by atoms with Gasteiger partial charge >= 0.3 is 0 Å². The van der Waals surface area contributed by atoms with Crippen molar-refractivity contribution in [2.75, 3.05) is 0 Å². The van der Waals surface area contributed by atoms with E-state index in [2.05, 4.69) is 46.1 Å². The third kappa shape index (κ3) is 5.63. The summed E-state index contributed by atoms with van der Waals surface area (Å²) in [7, 11) is 0. The number of aryl methyl sites for hydroxylation is 1. The Bertz CT molecular complexity index is 1510. The van der Waals surface area contributed by atoms with Crippen LogP contribution in [0.2, 0.25) is 0 Å². The van der Waals surface area contributed by atoms with Crippen molar-refractivity contribution in [1.29, 1.82) is 0 Å². The first-order valence-corrected chi connectivity index (χ1v) is 12.6. The van der Waals surface area contributed by atoms with Crippen molar-refractivity contribution in [3.05, 3.63) is 125 Å². The molecule has 2 aromatic heterocycles. The molecule has 7 heteroatoms. The van der Waals surface area contributed by atoms with E-state index in [9.17, 15) is 9.18 Å². The zero-order valence-corrected chi connectivity index (χ0v) is 20.6. The van der Waals surface area contributed by atoms with E-state index < -0.39 is 0 Å². The number of hydrogen-bond donors (Lipinski definition) is 1. The molecule has 1 amide bonds. The molecular formula is C29H25FN4OS. The van der Waals surface area contributed by atoms with Crippen LogP contribution in [-0.4, -0.2) is 20.4 Å². The van der Waals surface area contributed by atoms with Crippen LogP contribution >= 0.6 is 11.8 Å². The fourth-order valence-corrected chi connectivity index (χ4v) is 5.01. The molecule has 0 radical (unpaired) electrons. The number of carbonyl (C=O) groups excluding carboxylic acids is 1. The Labute approximate surface area is 213 Å². The highest BCUT2D eigenvalue weighted by Crippen LogP contribution is 2.27. The molecule has 5 aromatic rings. The third-order valence-electron chi connectivity index (χ3n) is 5.86. The lowest BCUT2D eigenvalue weighted by Crippen LogP contribution is -2.22. The van der Waals surface area contributed by atoms with E-state index in [0.29, 0.717) is 5.56 Å². The topological polar surface area (TPSA) is 59.8 Å². The fraction of sp³-hybridized carbons (Fsp3) is 0.138. The number of hydrogen-bond acceptors (Lipinski definition) is 4. The number of halogens is 1. The minimum absolute atomic E-state index is 0.189. The van der Waals surface area contributed by atoms with Crippen molar-refractivity contribution < 1.29 is 9.18 Å². The van der Waals surface area contributed by atoms with E-state index in [1.165, 1.54) is 23.3 Å². The molecule has 1 N–H and O–H groups in total. The van der Waals surface area contributed by atoms with Crippen molar-refractivity contribution in [2.24, 2.45) is 0 Å². The zero-order chi connectivity index (χ0) is 24.9. The molecule has 36 heavy (non-hydrogen) atoms. The summed E-state index contributed by atoms with van der Waals surface area (Å²) in [5.41, 5.74) is 6.75. The maximum Gasteiger partial charge on any atom is 0.251 e. The Balaban J connectivity index is 1.26. The van der Waals surface area contributed by atoms with Crippen molar-refractivity contribution in [3.8, 4) is 0 Å². The van der Waals surface area contributed by atoms with E-state index in [0.717, 1.165) is 39.6 Å². The molecule has 0 saturated heterocycles. The van der Waals surface area contributed by atoms with E-state index in [-0.39, 0.29) is 18.3 Å². The normalized spacial score (nSPS) is 11.1. The Morgan fingerprint density at radius 3 is 2.58 bits per heavy atom. The van der Waals surface area contributed by atoms with Crippen LogP contribution in [0.25, 0.3) is 11.0 Å². The molecule has 5 rings (SSSR count). The first kappa shape index (κ1) is 23.8. The molecular weight excluding hydrogens is 471 g/mol. The Kier molecular flexibility index (Phi) is 7.09. The highest BCUT2D eigenvalue weighted by atomic mass is 32.2. The largest absolute Gasteiger partial charge is 0.348 e. The average molecular weight is 497 g/mol. The Hall–Kier alpha value is -3.97. The van der Waals surface area contributed by atoms with Gasteiger partial charge in [0.2, 0.25) is 0 Å². The number of thioether (sulfide) groups is 1. The summed E-state index contributed by atoms with van der Waals surface area (Å²) < 4.78 is 15.5. The molecule has 0 spiro atoms. The fourth-order valence-electron chi connectivity index (χ4n) is 4.04. The molecule has 0 unspecified atom stereocenters. The molecule has 0 aliphatic heterocycles. The Morgan fingerprint density at radius 2 is 1.78 bits per heavy atom. The molecule has 0 aliphatic carbocycles. The van der Waals surface area contributed by atoms with Crippen LogP contribution in [-0.2, 0) is 18.8 Å². The van der Waals surface area contributed by atoms with Crippen LogP contribution in [0, 0.1) is 12.7 Å². The third-order valence-corrected chi connectivity index (χ3v) is 6.91. The molecule has 0 atom stereocenters. The van der Waals surface area contributed by atoms with Crippen LogP contribution in [0.15, 0.2) is 96.4 Å². The van der Waals surface area contributed by atoms with Crippen molar-refractivity contribution in [2.45, 2.75) is 30.9 Å². The van der Waals surface area contributed by atoms with Gasteiger partial charge in [-0.2, -0.15) is 0 Å². The van der Waals surface area contributed by atoms with E-state index in [4.69, 9.17) is 4.98 Å². The van der Waals surface area contributed by atoms with Gasteiger partial charge in [0, 0.05) is 24.1 Å². The van der Waals surface area contributed by atoms with Crippen LogP contribution in [0.5, 0.6) is 0 Å². The molecule has 5 nitrogen and oxygen atoms in total. The van der Waals surface area contributed by atoms with E-state index in [1.54, 1.807) is 30.1 Å². The quantitative estimate of drug-likeness (QED) is 0.262.